The molecule has 0 bridgehead atoms. The van der Waals surface area contributed by atoms with Crippen LogP contribution in [-0.2, 0) is 0 Å². The summed E-state index contributed by atoms with van der Waals surface area (Å²) in [5, 5.41) is 8.66. The van der Waals surface area contributed by atoms with Crippen LogP contribution < -0.4 is 0 Å². The first-order valence-corrected chi connectivity index (χ1v) is 4.49. The van der Waals surface area contributed by atoms with Crippen molar-refractivity contribution < 1.29 is 8.78 Å². The number of pyridine rings is 1. The molecule has 0 unspecified atom stereocenters. The number of halogens is 3. The maximum absolute atomic E-state index is 12.3. The third-order valence-corrected chi connectivity index (χ3v) is 2.89. The lowest BCUT2D eigenvalue weighted by molar-refractivity contribution is 0.150. The smallest absolute Gasteiger partial charge is 0.260 e. The molecule has 0 atom stereocenters. The van der Waals surface area contributed by atoms with Crippen molar-refractivity contribution in [2.24, 2.45) is 0 Å². The fraction of sp³-hybridized carbons (Fsp3) is 0.250. The van der Waals surface area contributed by atoms with E-state index in [-0.39, 0.29) is 11.1 Å². The topological polar surface area (TPSA) is 36.7 Å². The molecule has 0 aliphatic rings. The van der Waals surface area contributed by atoms with E-state index >= 15 is 0 Å². The van der Waals surface area contributed by atoms with Crippen LogP contribution in [0, 0.1) is 21.8 Å². The van der Waals surface area contributed by atoms with Crippen LogP contribution in [0.25, 0.3) is 0 Å². The van der Waals surface area contributed by atoms with Gasteiger partial charge >= 0.3 is 0 Å². The minimum absolute atomic E-state index is 0.0306. The van der Waals surface area contributed by atoms with Gasteiger partial charge < -0.3 is 0 Å². The summed E-state index contributed by atoms with van der Waals surface area (Å²) in [6, 6.07) is 1.76. The molecule has 13 heavy (non-hydrogen) atoms. The monoisotopic (exact) mass is 294 g/mol. The van der Waals surface area contributed by atoms with E-state index in [4.69, 9.17) is 5.26 Å². The minimum atomic E-state index is -2.64. The lowest BCUT2D eigenvalue weighted by Gasteiger charge is -2.05. The van der Waals surface area contributed by atoms with Crippen LogP contribution in [0.5, 0.6) is 0 Å². The highest BCUT2D eigenvalue weighted by Gasteiger charge is 2.17. The first-order valence-electron chi connectivity index (χ1n) is 3.41. The van der Waals surface area contributed by atoms with Crippen LogP contribution in [0.2, 0.25) is 0 Å². The summed E-state index contributed by atoms with van der Waals surface area (Å²) in [5.74, 6) is 0. The van der Waals surface area contributed by atoms with Crippen molar-refractivity contribution >= 4 is 22.6 Å². The molecule has 1 aromatic rings. The third-order valence-electron chi connectivity index (χ3n) is 1.57. The minimum Gasteiger partial charge on any atom is -0.260 e. The van der Waals surface area contributed by atoms with Crippen molar-refractivity contribution in [1.82, 2.24) is 4.98 Å². The maximum Gasteiger partial charge on any atom is 0.266 e. The van der Waals surface area contributed by atoms with E-state index in [0.29, 0.717) is 9.26 Å². The van der Waals surface area contributed by atoms with Crippen molar-refractivity contribution in [3.8, 4) is 6.07 Å². The highest BCUT2D eigenvalue weighted by atomic mass is 127. The molecule has 0 saturated carbocycles. The van der Waals surface area contributed by atoms with Gasteiger partial charge in [0.25, 0.3) is 6.43 Å². The van der Waals surface area contributed by atoms with E-state index < -0.39 is 6.43 Å². The first kappa shape index (κ1) is 10.3. The number of hydrogen-bond acceptors (Lipinski definition) is 2. The standard InChI is InChI=1S/C8H5F2IN2/c1-4-7(11)5(2-12)6(3-13-4)8(9)10/h3,8H,1H3. The Morgan fingerprint density at radius 2 is 2.23 bits per heavy atom. The Balaban J connectivity index is 3.41. The molecule has 68 valence electrons. The second kappa shape index (κ2) is 3.96. The molecule has 0 aromatic carbocycles. The average Bonchev–Trinajstić information content (AvgIpc) is 2.09. The molecular weight excluding hydrogens is 289 g/mol. The number of alkyl halides is 2. The van der Waals surface area contributed by atoms with Gasteiger partial charge in [-0.1, -0.05) is 0 Å². The Morgan fingerprint density at radius 3 is 2.69 bits per heavy atom. The van der Waals surface area contributed by atoms with Crippen molar-refractivity contribution in [3.05, 3.63) is 26.6 Å². The van der Waals surface area contributed by atoms with Crippen LogP contribution in [0.3, 0.4) is 0 Å². The fourth-order valence-corrected chi connectivity index (χ4v) is 1.45. The number of nitriles is 1. The number of aryl methyl sites for hydroxylation is 1. The zero-order valence-corrected chi connectivity index (χ0v) is 8.84. The Kier molecular flexibility index (Phi) is 3.14. The second-order valence-corrected chi connectivity index (χ2v) is 3.48. The molecule has 0 spiro atoms. The molecule has 1 aromatic heterocycles. The van der Waals surface area contributed by atoms with Crippen LogP contribution >= 0.6 is 22.6 Å². The van der Waals surface area contributed by atoms with Gasteiger partial charge in [-0.3, -0.25) is 4.98 Å². The number of nitrogens with zero attached hydrogens (tertiary/aromatic N) is 2. The molecule has 1 rings (SSSR count). The number of rotatable bonds is 1. The van der Waals surface area contributed by atoms with Crippen molar-refractivity contribution in [3.63, 3.8) is 0 Å². The number of aromatic nitrogens is 1. The van der Waals surface area contributed by atoms with Gasteiger partial charge in [0.05, 0.1) is 20.4 Å². The van der Waals surface area contributed by atoms with Gasteiger partial charge in [0.2, 0.25) is 0 Å². The molecular formula is C8H5F2IN2. The average molecular weight is 294 g/mol. The van der Waals surface area contributed by atoms with Gasteiger partial charge in [0, 0.05) is 6.20 Å². The molecule has 0 aliphatic carbocycles. The van der Waals surface area contributed by atoms with Crippen molar-refractivity contribution in [2.45, 2.75) is 13.3 Å². The summed E-state index contributed by atoms with van der Waals surface area (Å²) in [6.45, 7) is 1.68. The Bertz CT molecular complexity index is 371. The molecule has 0 aliphatic heterocycles. The van der Waals surface area contributed by atoms with Gasteiger partial charge in [-0.15, -0.1) is 0 Å². The highest BCUT2D eigenvalue weighted by Crippen LogP contribution is 2.26. The lowest BCUT2D eigenvalue weighted by atomic mass is 10.1. The Labute approximate surface area is 87.7 Å². The molecule has 5 heteroatoms. The predicted octanol–water partition coefficient (Wildman–Crippen LogP) is 2.80. The van der Waals surface area contributed by atoms with E-state index in [2.05, 4.69) is 4.98 Å². The molecule has 2 nitrogen and oxygen atoms in total. The van der Waals surface area contributed by atoms with Crippen LogP contribution in [-0.4, -0.2) is 4.98 Å². The summed E-state index contributed by atoms with van der Waals surface area (Å²) in [5.41, 5.74) is 0.335. The van der Waals surface area contributed by atoms with Crippen molar-refractivity contribution in [2.75, 3.05) is 0 Å². The van der Waals surface area contributed by atoms with E-state index in [0.717, 1.165) is 6.20 Å². The second-order valence-electron chi connectivity index (χ2n) is 2.40. The number of hydrogen-bond donors (Lipinski definition) is 0. The summed E-state index contributed by atoms with van der Waals surface area (Å²) >= 11 is 1.85. The highest BCUT2D eigenvalue weighted by molar-refractivity contribution is 14.1. The molecule has 0 radical (unpaired) electrons. The summed E-state index contributed by atoms with van der Waals surface area (Å²) in [6.07, 6.45) is -1.59. The first-order chi connectivity index (χ1) is 6.07. The maximum atomic E-state index is 12.3. The summed E-state index contributed by atoms with van der Waals surface area (Å²) < 4.78 is 25.2. The SMILES string of the molecule is Cc1ncc(C(F)F)c(C#N)c1I. The van der Waals surface area contributed by atoms with Gasteiger partial charge in [0.1, 0.15) is 6.07 Å². The summed E-state index contributed by atoms with van der Waals surface area (Å²) in [4.78, 5) is 3.77. The Hall–Kier alpha value is -0.770. The molecule has 0 fully saturated rings. The van der Waals surface area contributed by atoms with Gasteiger partial charge in [-0.05, 0) is 29.5 Å². The molecule has 0 saturated heterocycles. The van der Waals surface area contributed by atoms with E-state index in [1.54, 1.807) is 13.0 Å². The molecule has 0 N–H and O–H groups in total. The quantitative estimate of drug-likeness (QED) is 0.747. The van der Waals surface area contributed by atoms with E-state index in [1.807, 2.05) is 22.6 Å². The normalized spacial score (nSPS) is 10.2. The lowest BCUT2D eigenvalue weighted by Crippen LogP contribution is -1.98. The van der Waals surface area contributed by atoms with E-state index in [1.165, 1.54) is 0 Å². The zero-order valence-electron chi connectivity index (χ0n) is 6.68. The van der Waals surface area contributed by atoms with Gasteiger partial charge in [-0.2, -0.15) is 5.26 Å². The molecule has 0 amide bonds. The van der Waals surface area contributed by atoms with Crippen LogP contribution in [0.4, 0.5) is 8.78 Å². The fourth-order valence-electron chi connectivity index (χ4n) is 0.874. The summed E-state index contributed by atoms with van der Waals surface area (Å²) in [7, 11) is 0. The predicted molar refractivity (Wildman–Crippen MR) is 51.4 cm³/mol. The molecule has 1 heterocycles. The van der Waals surface area contributed by atoms with Crippen molar-refractivity contribution in [1.29, 1.82) is 5.26 Å². The van der Waals surface area contributed by atoms with Gasteiger partial charge in [0.15, 0.2) is 0 Å². The van der Waals surface area contributed by atoms with Crippen LogP contribution in [0.1, 0.15) is 23.2 Å². The van der Waals surface area contributed by atoms with Gasteiger partial charge in [-0.25, -0.2) is 8.78 Å². The third kappa shape index (κ3) is 1.94. The zero-order chi connectivity index (χ0) is 10.0. The van der Waals surface area contributed by atoms with E-state index in [9.17, 15) is 8.78 Å². The van der Waals surface area contributed by atoms with Crippen LogP contribution in [0.15, 0.2) is 6.20 Å². The Morgan fingerprint density at radius 1 is 1.62 bits per heavy atom. The largest absolute Gasteiger partial charge is 0.266 e.